The lowest BCUT2D eigenvalue weighted by molar-refractivity contribution is 0.630. The monoisotopic (exact) mass is 305 g/mol. The SMILES string of the molecule is CCC(CBr)CSc1n[nH]c(=O)n1C1CC1. The van der Waals surface area contributed by atoms with E-state index in [1.807, 2.05) is 4.57 Å². The zero-order valence-corrected chi connectivity index (χ0v) is 11.7. The molecule has 0 radical (unpaired) electrons. The Morgan fingerprint density at radius 3 is 3.00 bits per heavy atom. The van der Waals surface area contributed by atoms with Crippen LogP contribution >= 0.6 is 27.7 Å². The van der Waals surface area contributed by atoms with Crippen LogP contribution in [-0.2, 0) is 0 Å². The van der Waals surface area contributed by atoms with E-state index in [0.29, 0.717) is 12.0 Å². The fourth-order valence-electron chi connectivity index (χ4n) is 1.51. The van der Waals surface area contributed by atoms with Crippen molar-refractivity contribution in [2.75, 3.05) is 11.1 Å². The normalized spacial score (nSPS) is 17.6. The van der Waals surface area contributed by atoms with Gasteiger partial charge in [-0.05, 0) is 18.8 Å². The van der Waals surface area contributed by atoms with Crippen LogP contribution < -0.4 is 5.69 Å². The summed E-state index contributed by atoms with van der Waals surface area (Å²) in [6.45, 7) is 2.19. The summed E-state index contributed by atoms with van der Waals surface area (Å²) in [6.07, 6.45) is 3.38. The number of thioether (sulfide) groups is 1. The maximum Gasteiger partial charge on any atom is 0.344 e. The Bertz CT molecular complexity index is 395. The lowest BCUT2D eigenvalue weighted by atomic mass is 10.2. The summed E-state index contributed by atoms with van der Waals surface area (Å²) in [5, 5.41) is 8.50. The molecule has 1 aromatic heterocycles. The van der Waals surface area contributed by atoms with E-state index in [9.17, 15) is 4.79 Å². The van der Waals surface area contributed by atoms with E-state index in [4.69, 9.17) is 0 Å². The van der Waals surface area contributed by atoms with Gasteiger partial charge in [-0.15, -0.1) is 5.10 Å². The summed E-state index contributed by atoms with van der Waals surface area (Å²) in [6, 6.07) is 0.401. The molecule has 6 heteroatoms. The zero-order valence-electron chi connectivity index (χ0n) is 9.28. The second-order valence-corrected chi connectivity index (χ2v) is 5.79. The number of alkyl halides is 1. The zero-order chi connectivity index (χ0) is 11.5. The molecule has 16 heavy (non-hydrogen) atoms. The standard InChI is InChI=1S/C10H16BrN3OS/c1-2-7(5-11)6-16-10-13-12-9(15)14(10)8-3-4-8/h7-8H,2-6H2,1H3,(H,12,15). The van der Waals surface area contributed by atoms with Crippen molar-refractivity contribution in [2.45, 2.75) is 37.4 Å². The van der Waals surface area contributed by atoms with Gasteiger partial charge in [0, 0.05) is 17.1 Å². The molecule has 0 spiro atoms. The van der Waals surface area contributed by atoms with E-state index < -0.39 is 0 Å². The van der Waals surface area contributed by atoms with Crippen LogP contribution in [0.1, 0.15) is 32.2 Å². The predicted octanol–water partition coefficient (Wildman–Crippen LogP) is 2.42. The molecule has 0 bridgehead atoms. The van der Waals surface area contributed by atoms with Crippen molar-refractivity contribution in [2.24, 2.45) is 5.92 Å². The van der Waals surface area contributed by atoms with Gasteiger partial charge in [-0.1, -0.05) is 41.0 Å². The maximum absolute atomic E-state index is 11.5. The molecule has 0 aromatic carbocycles. The Labute approximate surface area is 107 Å². The Morgan fingerprint density at radius 1 is 1.69 bits per heavy atom. The fourth-order valence-corrected chi connectivity index (χ4v) is 3.72. The van der Waals surface area contributed by atoms with Gasteiger partial charge < -0.3 is 0 Å². The number of rotatable bonds is 6. The van der Waals surface area contributed by atoms with Gasteiger partial charge in [0.1, 0.15) is 0 Å². The topological polar surface area (TPSA) is 50.7 Å². The lowest BCUT2D eigenvalue weighted by Gasteiger charge is -2.10. The minimum atomic E-state index is -0.0584. The van der Waals surface area contributed by atoms with Gasteiger partial charge in [0.2, 0.25) is 0 Å². The van der Waals surface area contributed by atoms with Crippen molar-refractivity contribution >= 4 is 27.7 Å². The molecule has 0 aliphatic heterocycles. The van der Waals surface area contributed by atoms with Crippen LogP contribution in [0.25, 0.3) is 0 Å². The minimum Gasteiger partial charge on any atom is -0.267 e. The Morgan fingerprint density at radius 2 is 2.44 bits per heavy atom. The van der Waals surface area contributed by atoms with Gasteiger partial charge in [-0.2, -0.15) is 0 Å². The number of H-pyrrole nitrogens is 1. The highest BCUT2D eigenvalue weighted by Crippen LogP contribution is 2.36. The first-order valence-electron chi connectivity index (χ1n) is 5.62. The number of aromatic amines is 1. The molecule has 1 aliphatic carbocycles. The van der Waals surface area contributed by atoms with Gasteiger partial charge in [0.25, 0.3) is 0 Å². The molecule has 4 nitrogen and oxygen atoms in total. The largest absolute Gasteiger partial charge is 0.344 e. The van der Waals surface area contributed by atoms with E-state index in [0.717, 1.165) is 35.5 Å². The van der Waals surface area contributed by atoms with E-state index in [2.05, 4.69) is 33.1 Å². The average molecular weight is 306 g/mol. The van der Waals surface area contributed by atoms with Gasteiger partial charge in [-0.3, -0.25) is 4.57 Å². The first-order valence-corrected chi connectivity index (χ1v) is 7.72. The first-order chi connectivity index (χ1) is 7.76. The Kier molecular flexibility index (Phi) is 4.13. The molecule has 1 unspecified atom stereocenters. The second kappa shape index (κ2) is 5.40. The number of hydrogen-bond donors (Lipinski definition) is 1. The van der Waals surface area contributed by atoms with Crippen molar-refractivity contribution in [3.8, 4) is 0 Å². The van der Waals surface area contributed by atoms with E-state index in [1.165, 1.54) is 0 Å². The minimum absolute atomic E-state index is 0.0584. The van der Waals surface area contributed by atoms with Crippen molar-refractivity contribution < 1.29 is 0 Å². The summed E-state index contributed by atoms with van der Waals surface area (Å²) in [5.41, 5.74) is -0.0584. The molecule has 1 heterocycles. The molecule has 1 atom stereocenters. The Hall–Kier alpha value is -0.230. The molecule has 1 N–H and O–H groups in total. The molecule has 1 aromatic rings. The summed E-state index contributed by atoms with van der Waals surface area (Å²) in [4.78, 5) is 11.5. The van der Waals surface area contributed by atoms with Gasteiger partial charge in [-0.25, -0.2) is 9.89 Å². The first kappa shape index (κ1) is 12.2. The average Bonchev–Trinajstić information content (AvgIpc) is 3.05. The third kappa shape index (κ3) is 2.71. The number of aromatic nitrogens is 3. The quantitative estimate of drug-likeness (QED) is 0.648. The third-order valence-corrected chi connectivity index (χ3v) is 4.93. The van der Waals surface area contributed by atoms with Crippen molar-refractivity contribution in [1.82, 2.24) is 14.8 Å². The smallest absolute Gasteiger partial charge is 0.267 e. The predicted molar refractivity (Wildman–Crippen MR) is 69.4 cm³/mol. The van der Waals surface area contributed by atoms with Crippen LogP contribution in [0.15, 0.2) is 9.95 Å². The van der Waals surface area contributed by atoms with Crippen LogP contribution in [0.4, 0.5) is 0 Å². The van der Waals surface area contributed by atoms with Gasteiger partial charge in [0.05, 0.1) is 0 Å². The van der Waals surface area contributed by atoms with Crippen LogP contribution in [0.3, 0.4) is 0 Å². The van der Waals surface area contributed by atoms with Crippen LogP contribution in [0.5, 0.6) is 0 Å². The molecule has 0 amide bonds. The molecule has 1 saturated carbocycles. The van der Waals surface area contributed by atoms with Crippen molar-refractivity contribution in [1.29, 1.82) is 0 Å². The Balaban J connectivity index is 2.01. The molecule has 90 valence electrons. The van der Waals surface area contributed by atoms with Crippen molar-refractivity contribution in [3.05, 3.63) is 10.5 Å². The lowest BCUT2D eigenvalue weighted by Crippen LogP contribution is -2.16. The molecule has 0 saturated heterocycles. The second-order valence-electron chi connectivity index (χ2n) is 4.15. The van der Waals surface area contributed by atoms with E-state index in [-0.39, 0.29) is 5.69 Å². The summed E-state index contributed by atoms with van der Waals surface area (Å²) >= 11 is 5.19. The highest BCUT2D eigenvalue weighted by atomic mass is 79.9. The molecular formula is C10H16BrN3OS. The summed E-state index contributed by atoms with van der Waals surface area (Å²) in [7, 11) is 0. The molecule has 1 fully saturated rings. The number of nitrogens with zero attached hydrogens (tertiary/aromatic N) is 2. The molecular weight excluding hydrogens is 290 g/mol. The highest BCUT2D eigenvalue weighted by molar-refractivity contribution is 9.09. The van der Waals surface area contributed by atoms with Crippen molar-refractivity contribution in [3.63, 3.8) is 0 Å². The van der Waals surface area contributed by atoms with Crippen LogP contribution in [0.2, 0.25) is 0 Å². The number of hydrogen-bond acceptors (Lipinski definition) is 3. The molecule has 2 rings (SSSR count). The van der Waals surface area contributed by atoms with Crippen LogP contribution in [0, 0.1) is 5.92 Å². The fraction of sp³-hybridized carbons (Fsp3) is 0.800. The third-order valence-electron chi connectivity index (χ3n) is 2.83. The van der Waals surface area contributed by atoms with Crippen LogP contribution in [-0.4, -0.2) is 25.8 Å². The van der Waals surface area contributed by atoms with Gasteiger partial charge in [0.15, 0.2) is 5.16 Å². The van der Waals surface area contributed by atoms with Gasteiger partial charge >= 0.3 is 5.69 Å². The highest BCUT2D eigenvalue weighted by Gasteiger charge is 2.28. The maximum atomic E-state index is 11.5. The molecule has 1 aliphatic rings. The summed E-state index contributed by atoms with van der Waals surface area (Å²) in [5.74, 6) is 1.66. The number of nitrogens with one attached hydrogen (secondary N) is 1. The summed E-state index contributed by atoms with van der Waals surface area (Å²) < 4.78 is 1.81. The van der Waals surface area contributed by atoms with E-state index >= 15 is 0 Å². The number of halogens is 1. The van der Waals surface area contributed by atoms with E-state index in [1.54, 1.807) is 11.8 Å².